The summed E-state index contributed by atoms with van der Waals surface area (Å²) in [6, 6.07) is 0. The molecule has 4 N–H and O–H groups in total. The molecule has 0 saturated carbocycles. The fourth-order valence-corrected chi connectivity index (χ4v) is 4.94. The van der Waals surface area contributed by atoms with Gasteiger partial charge in [-0.05, 0) is 6.92 Å². The van der Waals surface area contributed by atoms with Gasteiger partial charge in [0.05, 0.1) is 16.3 Å². The Hall–Kier alpha value is -1.39. The molecule has 2 aliphatic rings. The smallest absolute Gasteiger partial charge is 0.404 e. The van der Waals surface area contributed by atoms with Crippen LogP contribution in [0.5, 0.6) is 0 Å². The van der Waals surface area contributed by atoms with E-state index in [2.05, 4.69) is 4.74 Å². The van der Waals surface area contributed by atoms with Gasteiger partial charge in [-0.3, -0.25) is 9.69 Å². The number of carbonyl (C=O) groups is 3. The van der Waals surface area contributed by atoms with Crippen molar-refractivity contribution < 1.29 is 29.3 Å². The molecule has 2 amide bonds. The van der Waals surface area contributed by atoms with E-state index in [0.29, 0.717) is 9.99 Å². The van der Waals surface area contributed by atoms with E-state index in [9.17, 15) is 24.6 Å². The highest BCUT2D eigenvalue weighted by atomic mass is 32.2. The number of nitrogens with zero attached hydrogens (tertiary/aromatic N) is 1. The average Bonchev–Trinajstić information content (AvgIpc) is 2.68. The lowest BCUT2D eigenvalue weighted by Crippen LogP contribution is -2.60. The van der Waals surface area contributed by atoms with Crippen LogP contribution in [0.4, 0.5) is 4.79 Å². The molecule has 21 heavy (non-hydrogen) atoms. The van der Waals surface area contributed by atoms with Gasteiger partial charge in [-0.1, -0.05) is 11.8 Å². The van der Waals surface area contributed by atoms with Crippen molar-refractivity contribution in [2.45, 2.75) is 18.4 Å². The van der Waals surface area contributed by atoms with Crippen LogP contribution < -0.4 is 5.73 Å². The quantitative estimate of drug-likeness (QED) is 0.456. The summed E-state index contributed by atoms with van der Waals surface area (Å²) in [4.78, 5) is 34.9. The molecule has 2 aliphatic heterocycles. The molecule has 0 unspecified atom stereocenters. The lowest BCUT2D eigenvalue weighted by atomic mass is 9.92. The number of fused-ring (bicyclic) bond motifs is 1. The number of ether oxygens (including phenoxy) is 1. The summed E-state index contributed by atoms with van der Waals surface area (Å²) in [6.07, 6.45) is -1.72. The molecule has 0 aliphatic carbocycles. The number of carbonyl (C=O) groups excluding carboxylic acids is 2. The molecule has 0 spiro atoms. The molecule has 1 fully saturated rings. The van der Waals surface area contributed by atoms with Gasteiger partial charge in [-0.25, -0.2) is 9.59 Å². The van der Waals surface area contributed by atoms with E-state index in [4.69, 9.17) is 5.73 Å². The second-order valence-corrected chi connectivity index (χ2v) is 6.93. The van der Waals surface area contributed by atoms with Crippen LogP contribution in [-0.4, -0.2) is 56.9 Å². The van der Waals surface area contributed by atoms with Crippen molar-refractivity contribution in [3.05, 3.63) is 9.93 Å². The van der Waals surface area contributed by atoms with E-state index < -0.39 is 24.1 Å². The molecule has 2 rings (SSSR count). The summed E-state index contributed by atoms with van der Waals surface area (Å²) in [7, 11) is 0. The minimum absolute atomic E-state index is 0.0510. The minimum atomic E-state index is -1.19. The van der Waals surface area contributed by atoms with E-state index in [1.165, 1.54) is 35.3 Å². The number of rotatable bonds is 6. The molecule has 0 aromatic rings. The van der Waals surface area contributed by atoms with Crippen LogP contribution in [0.2, 0.25) is 0 Å². The molecule has 1 saturated heterocycles. The van der Waals surface area contributed by atoms with Crippen LogP contribution in [0, 0.1) is 5.92 Å². The Morgan fingerprint density at radius 1 is 1.57 bits per heavy atom. The zero-order valence-electron chi connectivity index (χ0n) is 11.0. The Balaban J connectivity index is 2.04. The van der Waals surface area contributed by atoms with Crippen LogP contribution in [0.1, 0.15) is 6.92 Å². The SMILES string of the molecule is C[C@H](O)[C@H]1C(=O)N2C(C(=O)O)=C(SCCOC(N)=O)S[C@H]12. The number of aliphatic hydroxyl groups excluding tert-OH is 1. The largest absolute Gasteiger partial charge is 0.477 e. The lowest BCUT2D eigenvalue weighted by Gasteiger charge is -2.43. The highest BCUT2D eigenvalue weighted by molar-refractivity contribution is 8.22. The van der Waals surface area contributed by atoms with Crippen molar-refractivity contribution >= 4 is 41.5 Å². The van der Waals surface area contributed by atoms with Crippen LogP contribution in [0.25, 0.3) is 0 Å². The van der Waals surface area contributed by atoms with E-state index in [0.717, 1.165) is 0 Å². The molecule has 116 valence electrons. The molecule has 0 radical (unpaired) electrons. The van der Waals surface area contributed by atoms with Gasteiger partial charge in [-0.2, -0.15) is 0 Å². The molecule has 0 bridgehead atoms. The van der Waals surface area contributed by atoms with Gasteiger partial charge >= 0.3 is 12.1 Å². The number of hydrogen-bond donors (Lipinski definition) is 3. The standard InChI is InChI=1S/C11H14N2O6S2/c1-4(14)5-7(15)13-6(9(16)17)10(21-8(5)13)20-3-2-19-11(12)18/h4-5,8,14H,2-3H2,1H3,(H2,12,18)(H,16,17)/t4-,5-,8+/m0/s1. The number of thioether (sulfide) groups is 2. The van der Waals surface area contributed by atoms with Crippen molar-refractivity contribution in [3.8, 4) is 0 Å². The zero-order chi connectivity index (χ0) is 15.7. The first-order valence-corrected chi connectivity index (χ1v) is 7.91. The van der Waals surface area contributed by atoms with Gasteiger partial charge < -0.3 is 20.7 Å². The fourth-order valence-electron chi connectivity index (χ4n) is 2.13. The van der Waals surface area contributed by atoms with Crippen LogP contribution in [0.3, 0.4) is 0 Å². The molecular weight excluding hydrogens is 320 g/mol. The predicted octanol–water partition coefficient (Wildman–Crippen LogP) is -0.0193. The number of aliphatic carboxylic acids is 1. The second-order valence-electron chi connectivity index (χ2n) is 4.44. The topological polar surface area (TPSA) is 130 Å². The minimum Gasteiger partial charge on any atom is -0.477 e. The third kappa shape index (κ3) is 2.97. The van der Waals surface area contributed by atoms with Gasteiger partial charge in [0.1, 0.15) is 12.0 Å². The summed E-state index contributed by atoms with van der Waals surface area (Å²) >= 11 is 2.41. The Kier molecular flexibility index (Phi) is 4.69. The Morgan fingerprint density at radius 3 is 2.76 bits per heavy atom. The maximum Gasteiger partial charge on any atom is 0.404 e. The van der Waals surface area contributed by atoms with Crippen LogP contribution in [0.15, 0.2) is 9.93 Å². The summed E-state index contributed by atoms with van der Waals surface area (Å²) in [5.41, 5.74) is 4.75. The fraction of sp³-hybridized carbons (Fsp3) is 0.545. The first kappa shape index (κ1) is 16.0. The number of carboxylic acids is 1. The molecule has 0 aromatic carbocycles. The van der Waals surface area contributed by atoms with Gasteiger partial charge in [0.15, 0.2) is 5.70 Å². The van der Waals surface area contributed by atoms with Gasteiger partial charge in [0.2, 0.25) is 5.91 Å². The Bertz CT molecular complexity index is 521. The molecular formula is C11H14N2O6S2. The summed E-state index contributed by atoms with van der Waals surface area (Å²) < 4.78 is 5.03. The van der Waals surface area contributed by atoms with Crippen LogP contribution in [-0.2, 0) is 14.3 Å². The molecule has 10 heteroatoms. The highest BCUT2D eigenvalue weighted by Gasteiger charge is 2.57. The van der Waals surface area contributed by atoms with Crippen molar-refractivity contribution in [1.29, 1.82) is 0 Å². The summed E-state index contributed by atoms with van der Waals surface area (Å²) in [6.45, 7) is 1.56. The third-order valence-corrected chi connectivity index (χ3v) is 5.65. The van der Waals surface area contributed by atoms with Crippen molar-refractivity contribution in [3.63, 3.8) is 0 Å². The summed E-state index contributed by atoms with van der Waals surface area (Å²) in [5.74, 6) is -1.84. The van der Waals surface area contributed by atoms with Gasteiger partial charge in [0.25, 0.3) is 0 Å². The molecule has 2 heterocycles. The number of aliphatic hydroxyl groups is 1. The summed E-state index contributed by atoms with van der Waals surface area (Å²) in [5, 5.41) is 18.4. The number of hydrogen-bond acceptors (Lipinski definition) is 7. The zero-order valence-corrected chi connectivity index (χ0v) is 12.6. The first-order valence-electron chi connectivity index (χ1n) is 6.05. The number of nitrogens with two attached hydrogens (primary N) is 1. The van der Waals surface area contributed by atoms with Crippen molar-refractivity contribution in [1.82, 2.24) is 4.90 Å². The highest BCUT2D eigenvalue weighted by Crippen LogP contribution is 2.53. The third-order valence-electron chi connectivity index (χ3n) is 3.03. The van der Waals surface area contributed by atoms with E-state index in [1.54, 1.807) is 0 Å². The Labute approximate surface area is 128 Å². The molecule has 0 aromatic heterocycles. The van der Waals surface area contributed by atoms with Crippen molar-refractivity contribution in [2.24, 2.45) is 11.7 Å². The average molecular weight is 334 g/mol. The van der Waals surface area contributed by atoms with Gasteiger partial charge in [0, 0.05) is 5.75 Å². The number of amides is 2. The lowest BCUT2D eigenvalue weighted by molar-refractivity contribution is -0.156. The molecule has 8 nitrogen and oxygen atoms in total. The number of β-lactam (4-membered cyclic amide) rings is 1. The van der Waals surface area contributed by atoms with E-state index >= 15 is 0 Å². The normalized spacial score (nSPS) is 25.4. The number of primary amides is 1. The maximum atomic E-state index is 11.9. The monoisotopic (exact) mass is 334 g/mol. The maximum absolute atomic E-state index is 11.9. The second kappa shape index (κ2) is 6.16. The van der Waals surface area contributed by atoms with E-state index in [-0.39, 0.29) is 23.6 Å². The van der Waals surface area contributed by atoms with Gasteiger partial charge in [-0.15, -0.1) is 11.8 Å². The number of carboxylic acid groups (broad SMARTS) is 1. The Morgan fingerprint density at radius 2 is 2.24 bits per heavy atom. The molecule has 3 atom stereocenters. The van der Waals surface area contributed by atoms with Crippen LogP contribution >= 0.6 is 23.5 Å². The first-order chi connectivity index (χ1) is 9.84. The van der Waals surface area contributed by atoms with Crippen molar-refractivity contribution in [2.75, 3.05) is 12.4 Å². The predicted molar refractivity (Wildman–Crippen MR) is 76.1 cm³/mol. The van der Waals surface area contributed by atoms with E-state index in [1.807, 2.05) is 0 Å².